The molecule has 1 unspecified atom stereocenters. The SMILES string of the molecule is CCC(C)c1c(Cl)c(C(N)=O)c(C)n1CCCOC. The van der Waals surface area contributed by atoms with Crippen LogP contribution in [0.3, 0.4) is 0 Å². The Hall–Kier alpha value is -1.00. The molecule has 19 heavy (non-hydrogen) atoms. The van der Waals surface area contributed by atoms with E-state index in [4.69, 9.17) is 22.1 Å². The van der Waals surface area contributed by atoms with E-state index in [1.807, 2.05) is 6.92 Å². The molecule has 0 saturated heterocycles. The smallest absolute Gasteiger partial charge is 0.252 e. The molecule has 0 bridgehead atoms. The van der Waals surface area contributed by atoms with Crippen molar-refractivity contribution in [3.8, 4) is 0 Å². The van der Waals surface area contributed by atoms with Crippen molar-refractivity contribution in [2.75, 3.05) is 13.7 Å². The monoisotopic (exact) mass is 286 g/mol. The molecule has 108 valence electrons. The van der Waals surface area contributed by atoms with Crippen molar-refractivity contribution < 1.29 is 9.53 Å². The first-order chi connectivity index (χ1) is 8.95. The number of hydrogen-bond acceptors (Lipinski definition) is 2. The average molecular weight is 287 g/mol. The predicted octanol–water partition coefficient (Wildman–Crippen LogP) is 3.10. The van der Waals surface area contributed by atoms with Gasteiger partial charge in [-0.05, 0) is 25.7 Å². The number of aromatic nitrogens is 1. The van der Waals surface area contributed by atoms with Crippen molar-refractivity contribution in [2.24, 2.45) is 5.73 Å². The maximum Gasteiger partial charge on any atom is 0.252 e. The summed E-state index contributed by atoms with van der Waals surface area (Å²) < 4.78 is 7.18. The van der Waals surface area contributed by atoms with E-state index in [-0.39, 0.29) is 0 Å². The van der Waals surface area contributed by atoms with E-state index in [0.29, 0.717) is 23.1 Å². The summed E-state index contributed by atoms with van der Waals surface area (Å²) in [5, 5.41) is 0.511. The molecule has 5 heteroatoms. The Bertz CT molecular complexity index is 455. The van der Waals surface area contributed by atoms with E-state index in [1.165, 1.54) is 0 Å². The van der Waals surface area contributed by atoms with Crippen LogP contribution >= 0.6 is 11.6 Å². The van der Waals surface area contributed by atoms with Gasteiger partial charge in [0.1, 0.15) is 0 Å². The van der Waals surface area contributed by atoms with Gasteiger partial charge in [-0.1, -0.05) is 25.4 Å². The van der Waals surface area contributed by atoms with Gasteiger partial charge in [0, 0.05) is 31.6 Å². The van der Waals surface area contributed by atoms with Crippen LogP contribution in [0.1, 0.15) is 54.4 Å². The van der Waals surface area contributed by atoms with Crippen LogP contribution in [0.5, 0.6) is 0 Å². The molecular formula is C14H23ClN2O2. The maximum atomic E-state index is 11.5. The molecule has 0 radical (unpaired) electrons. The summed E-state index contributed by atoms with van der Waals surface area (Å²) in [5.74, 6) is -0.167. The van der Waals surface area contributed by atoms with Crippen molar-refractivity contribution in [1.29, 1.82) is 0 Å². The molecule has 4 nitrogen and oxygen atoms in total. The normalized spacial score (nSPS) is 12.7. The van der Waals surface area contributed by atoms with Gasteiger partial charge in [0.15, 0.2) is 0 Å². The van der Waals surface area contributed by atoms with Crippen LogP contribution < -0.4 is 5.73 Å². The minimum absolute atomic E-state index is 0.293. The van der Waals surface area contributed by atoms with Gasteiger partial charge < -0.3 is 15.0 Å². The highest BCUT2D eigenvalue weighted by Crippen LogP contribution is 2.34. The highest BCUT2D eigenvalue weighted by atomic mass is 35.5. The third-order valence-corrected chi connectivity index (χ3v) is 3.94. The molecule has 0 spiro atoms. The number of carbonyl (C=O) groups is 1. The second-order valence-corrected chi connectivity index (χ2v) is 5.21. The molecule has 2 N–H and O–H groups in total. The first-order valence-electron chi connectivity index (χ1n) is 6.62. The van der Waals surface area contributed by atoms with E-state index >= 15 is 0 Å². The quantitative estimate of drug-likeness (QED) is 0.783. The van der Waals surface area contributed by atoms with E-state index in [0.717, 1.165) is 30.8 Å². The van der Waals surface area contributed by atoms with Crippen molar-refractivity contribution in [1.82, 2.24) is 4.57 Å². The van der Waals surface area contributed by atoms with Crippen LogP contribution in [0.25, 0.3) is 0 Å². The van der Waals surface area contributed by atoms with Crippen molar-refractivity contribution in [3.05, 3.63) is 22.0 Å². The molecular weight excluding hydrogens is 264 g/mol. The van der Waals surface area contributed by atoms with Crippen LogP contribution in [0.15, 0.2) is 0 Å². The molecule has 1 atom stereocenters. The Morgan fingerprint density at radius 2 is 2.16 bits per heavy atom. The Morgan fingerprint density at radius 3 is 2.63 bits per heavy atom. The lowest BCUT2D eigenvalue weighted by molar-refractivity contribution is 0.0999. The number of halogens is 1. The second-order valence-electron chi connectivity index (χ2n) is 4.83. The Kier molecular flexibility index (Phi) is 5.88. The predicted molar refractivity (Wildman–Crippen MR) is 77.9 cm³/mol. The molecule has 0 aromatic carbocycles. The number of carbonyl (C=O) groups excluding carboxylic acids is 1. The summed E-state index contributed by atoms with van der Waals surface area (Å²) in [6, 6.07) is 0. The largest absolute Gasteiger partial charge is 0.385 e. The number of hydrogen-bond donors (Lipinski definition) is 1. The highest BCUT2D eigenvalue weighted by molar-refractivity contribution is 6.34. The maximum absolute atomic E-state index is 11.5. The van der Waals surface area contributed by atoms with E-state index < -0.39 is 5.91 Å². The zero-order valence-electron chi connectivity index (χ0n) is 12.1. The molecule has 0 fully saturated rings. The fourth-order valence-electron chi connectivity index (χ4n) is 2.34. The number of nitrogens with zero attached hydrogens (tertiary/aromatic N) is 1. The van der Waals surface area contributed by atoms with Gasteiger partial charge in [0.05, 0.1) is 10.6 Å². The molecule has 0 saturated carbocycles. The number of ether oxygens (including phenoxy) is 1. The lowest BCUT2D eigenvalue weighted by Crippen LogP contribution is -2.13. The second kappa shape index (κ2) is 6.96. The molecule has 1 heterocycles. The number of nitrogens with two attached hydrogens (primary N) is 1. The lowest BCUT2D eigenvalue weighted by Gasteiger charge is -2.16. The molecule has 0 aliphatic heterocycles. The summed E-state index contributed by atoms with van der Waals surface area (Å²) in [6.07, 6.45) is 1.84. The van der Waals surface area contributed by atoms with Crippen LogP contribution in [0.4, 0.5) is 0 Å². The van der Waals surface area contributed by atoms with Gasteiger partial charge in [-0.25, -0.2) is 0 Å². The molecule has 1 aromatic rings. The molecule has 1 amide bonds. The molecule has 1 aromatic heterocycles. The zero-order valence-corrected chi connectivity index (χ0v) is 12.9. The van der Waals surface area contributed by atoms with Crippen molar-refractivity contribution in [2.45, 2.75) is 46.1 Å². The lowest BCUT2D eigenvalue weighted by atomic mass is 10.0. The number of amides is 1. The van der Waals surface area contributed by atoms with Crippen molar-refractivity contribution in [3.63, 3.8) is 0 Å². The van der Waals surface area contributed by atoms with Gasteiger partial charge >= 0.3 is 0 Å². The number of rotatable bonds is 7. The standard InChI is InChI=1S/C14H23ClN2O2/c1-5-9(2)13-12(15)11(14(16)18)10(3)17(13)7-6-8-19-4/h9H,5-8H2,1-4H3,(H2,16,18). The topological polar surface area (TPSA) is 57.2 Å². The summed E-state index contributed by atoms with van der Waals surface area (Å²) >= 11 is 6.36. The summed E-state index contributed by atoms with van der Waals surface area (Å²) in [7, 11) is 1.68. The number of primary amides is 1. The number of methoxy groups -OCH3 is 1. The molecule has 0 aliphatic rings. The first kappa shape index (κ1) is 16.1. The Balaban J connectivity index is 3.24. The average Bonchev–Trinajstić information content (AvgIpc) is 2.60. The van der Waals surface area contributed by atoms with Gasteiger partial charge in [-0.2, -0.15) is 0 Å². The van der Waals surface area contributed by atoms with Gasteiger partial charge in [-0.3, -0.25) is 4.79 Å². The minimum Gasteiger partial charge on any atom is -0.385 e. The van der Waals surface area contributed by atoms with Gasteiger partial charge in [0.2, 0.25) is 0 Å². The van der Waals surface area contributed by atoms with E-state index in [2.05, 4.69) is 18.4 Å². The zero-order chi connectivity index (χ0) is 14.6. The summed E-state index contributed by atoms with van der Waals surface area (Å²) in [6.45, 7) is 7.57. The van der Waals surface area contributed by atoms with Crippen molar-refractivity contribution >= 4 is 17.5 Å². The third kappa shape index (κ3) is 3.31. The fourth-order valence-corrected chi connectivity index (χ4v) is 2.86. The van der Waals surface area contributed by atoms with E-state index in [9.17, 15) is 4.79 Å². The van der Waals surface area contributed by atoms with Crippen LogP contribution in [-0.4, -0.2) is 24.2 Å². The van der Waals surface area contributed by atoms with E-state index in [1.54, 1.807) is 7.11 Å². The Morgan fingerprint density at radius 1 is 1.53 bits per heavy atom. The summed E-state index contributed by atoms with van der Waals surface area (Å²) in [5.41, 5.74) is 7.74. The van der Waals surface area contributed by atoms with Gasteiger partial charge in [0.25, 0.3) is 5.91 Å². The minimum atomic E-state index is -0.461. The fraction of sp³-hybridized carbons (Fsp3) is 0.643. The van der Waals surface area contributed by atoms with Crippen LogP contribution in [0.2, 0.25) is 5.02 Å². The molecule has 0 aliphatic carbocycles. The summed E-state index contributed by atoms with van der Waals surface area (Å²) in [4.78, 5) is 11.5. The van der Waals surface area contributed by atoms with Crippen LogP contribution in [-0.2, 0) is 11.3 Å². The third-order valence-electron chi connectivity index (χ3n) is 3.56. The highest BCUT2D eigenvalue weighted by Gasteiger charge is 2.24. The Labute approximate surface area is 119 Å². The van der Waals surface area contributed by atoms with Gasteiger partial charge in [-0.15, -0.1) is 0 Å². The first-order valence-corrected chi connectivity index (χ1v) is 7.00. The molecule has 1 rings (SSSR count). The van der Waals surface area contributed by atoms with Crippen LogP contribution in [0, 0.1) is 6.92 Å².